The molecule has 0 bridgehead atoms. The number of nitrogens with zero attached hydrogens (tertiary/aromatic N) is 5. The van der Waals surface area contributed by atoms with Gasteiger partial charge in [-0.25, -0.2) is 26.5 Å². The minimum atomic E-state index is -3.67. The molecule has 4 N–H and O–H groups in total. The molecule has 0 amide bonds. The van der Waals surface area contributed by atoms with Crippen LogP contribution in [0.15, 0.2) is 89.5 Å². The van der Waals surface area contributed by atoms with E-state index >= 15 is 0 Å². The standard InChI is InChI=1S/C48H48Cl4N8O8S2/c1-47(35-20-31(25-53)43(40(51)22-35)65-18-5-16-49,33-9-6-30(7-10-33)8-13-37-27-68-46(57-37)60-70(4,63)64)29-48(2,36-21-32(26-54)44(41(52)23-36)66-19-17-50)34-11-14-39(15-12-34)67-28-38-24-42(55)58-45(56-38)59-69(3,61)62/h6-7,9-12,14-15,20-24,27H,5,8,13,16-19,28-29H2,1-4H3,(H,57,60)(H3,55,56,58,59). The molecule has 2 heterocycles. The Balaban J connectivity index is 1.45. The van der Waals surface area contributed by atoms with Crippen LogP contribution in [0.2, 0.25) is 10.0 Å². The third-order valence-electron chi connectivity index (χ3n) is 11.2. The number of nitrogens with one attached hydrogen (secondary N) is 2. The SMILES string of the molecule is CC(CC(C)(c1ccc(CCc2coc(NS(C)(=O)=O)n2)cc1)c1cc(Cl)c(OCCCCl)c(C#N)c1)(c1ccc(OCc2cc(N)nc(NS(C)(=O)=O)n2)cc1)c1cc(Cl)c(OCCCl)c(C#N)c1. The summed E-state index contributed by atoms with van der Waals surface area (Å²) in [6, 6.07) is 28.3. The molecule has 0 radical (unpaired) electrons. The second-order valence-electron chi connectivity index (χ2n) is 16.7. The van der Waals surface area contributed by atoms with Crippen LogP contribution in [0, 0.1) is 22.7 Å². The number of sulfonamides is 2. The molecular weight excluding hydrogens is 1020 g/mol. The molecule has 0 aliphatic heterocycles. The van der Waals surface area contributed by atoms with Crippen molar-refractivity contribution in [3.63, 3.8) is 0 Å². The predicted octanol–water partition coefficient (Wildman–Crippen LogP) is 9.53. The molecule has 6 rings (SSSR count). The van der Waals surface area contributed by atoms with Crippen molar-refractivity contribution in [2.45, 2.75) is 57.0 Å². The van der Waals surface area contributed by atoms with Crippen molar-refractivity contribution in [1.82, 2.24) is 15.0 Å². The van der Waals surface area contributed by atoms with Gasteiger partial charge in [-0.15, -0.1) is 23.2 Å². The first kappa shape index (κ1) is 53.4. The highest BCUT2D eigenvalue weighted by Crippen LogP contribution is 2.50. The Morgan fingerprint density at radius 3 is 1.77 bits per heavy atom. The Hall–Kier alpha value is -5.99. The van der Waals surface area contributed by atoms with Crippen molar-refractivity contribution in [2.24, 2.45) is 0 Å². The summed E-state index contributed by atoms with van der Waals surface area (Å²) < 4.78 is 74.8. The van der Waals surface area contributed by atoms with Gasteiger partial charge in [-0.2, -0.15) is 20.5 Å². The van der Waals surface area contributed by atoms with Crippen LogP contribution in [0.25, 0.3) is 0 Å². The van der Waals surface area contributed by atoms with E-state index in [2.05, 4.69) is 43.5 Å². The maximum atomic E-state index is 11.8. The number of aryl methyl sites for hydroxylation is 2. The number of hydrogen-bond acceptors (Lipinski definition) is 14. The maximum Gasteiger partial charge on any atom is 0.308 e. The normalized spacial score (nSPS) is 13.3. The Morgan fingerprint density at radius 1 is 0.686 bits per heavy atom. The summed E-state index contributed by atoms with van der Waals surface area (Å²) in [4.78, 5) is 12.4. The average Bonchev–Trinajstić information content (AvgIpc) is 3.75. The third kappa shape index (κ3) is 13.7. The van der Waals surface area contributed by atoms with Gasteiger partial charge in [0.2, 0.25) is 26.0 Å². The Labute approximate surface area is 427 Å². The van der Waals surface area contributed by atoms with Gasteiger partial charge in [0.25, 0.3) is 0 Å². The largest absolute Gasteiger partial charge is 0.491 e. The lowest BCUT2D eigenvalue weighted by atomic mass is 9.61. The van der Waals surface area contributed by atoms with E-state index in [-0.39, 0.29) is 76.2 Å². The number of aromatic nitrogens is 3. The van der Waals surface area contributed by atoms with Gasteiger partial charge in [0.15, 0.2) is 11.5 Å². The second kappa shape index (κ2) is 22.8. The molecule has 0 fully saturated rings. The first-order valence-electron chi connectivity index (χ1n) is 21.4. The van der Waals surface area contributed by atoms with E-state index in [1.54, 1.807) is 36.4 Å². The quantitative estimate of drug-likeness (QED) is 0.0400. The molecule has 0 spiro atoms. The van der Waals surface area contributed by atoms with Gasteiger partial charge in [0, 0.05) is 22.8 Å². The van der Waals surface area contributed by atoms with E-state index < -0.39 is 30.9 Å². The number of nitriles is 2. The van der Waals surface area contributed by atoms with Crippen LogP contribution in [-0.4, -0.2) is 69.3 Å². The highest BCUT2D eigenvalue weighted by atomic mass is 35.5. The molecule has 368 valence electrons. The molecule has 16 nitrogen and oxygen atoms in total. The average molecular weight is 1070 g/mol. The highest BCUT2D eigenvalue weighted by molar-refractivity contribution is 7.92. The van der Waals surface area contributed by atoms with E-state index in [1.807, 2.05) is 43.3 Å². The fraction of sp³-hybridized carbons (Fsp3) is 0.312. The molecule has 2 aromatic heterocycles. The Morgan fingerprint density at radius 2 is 1.24 bits per heavy atom. The van der Waals surface area contributed by atoms with Gasteiger partial charge in [0.05, 0.1) is 57.6 Å². The fourth-order valence-electron chi connectivity index (χ4n) is 7.92. The van der Waals surface area contributed by atoms with E-state index in [0.29, 0.717) is 59.8 Å². The van der Waals surface area contributed by atoms with Crippen LogP contribution in [-0.2, 0) is 50.3 Å². The van der Waals surface area contributed by atoms with Crippen molar-refractivity contribution in [3.05, 3.63) is 146 Å². The zero-order valence-corrected chi connectivity index (χ0v) is 43.0. The fourth-order valence-corrected chi connectivity index (χ4v) is 9.49. The highest BCUT2D eigenvalue weighted by Gasteiger charge is 2.42. The van der Waals surface area contributed by atoms with Crippen LogP contribution in [0.4, 0.5) is 17.8 Å². The lowest BCUT2D eigenvalue weighted by Gasteiger charge is -2.42. The lowest BCUT2D eigenvalue weighted by Crippen LogP contribution is -2.36. The van der Waals surface area contributed by atoms with Crippen molar-refractivity contribution < 1.29 is 35.5 Å². The summed E-state index contributed by atoms with van der Waals surface area (Å²) in [5.41, 5.74) is 9.24. The number of nitrogens with two attached hydrogens (primary N) is 1. The minimum Gasteiger partial charge on any atom is -0.491 e. The van der Waals surface area contributed by atoms with E-state index in [9.17, 15) is 27.4 Å². The summed E-state index contributed by atoms with van der Waals surface area (Å²) in [6.07, 6.45) is 5.22. The van der Waals surface area contributed by atoms with E-state index in [4.69, 9.17) is 70.8 Å². The number of halogens is 4. The molecule has 6 aromatic rings. The smallest absolute Gasteiger partial charge is 0.308 e. The predicted molar refractivity (Wildman–Crippen MR) is 271 cm³/mol. The Kier molecular flexibility index (Phi) is 17.4. The zero-order valence-electron chi connectivity index (χ0n) is 38.4. The van der Waals surface area contributed by atoms with Gasteiger partial charge >= 0.3 is 6.01 Å². The minimum absolute atomic E-state index is 0.0427. The van der Waals surface area contributed by atoms with E-state index in [1.165, 1.54) is 12.3 Å². The molecule has 0 aliphatic rings. The first-order valence-corrected chi connectivity index (χ1v) is 27.0. The van der Waals surface area contributed by atoms with Crippen LogP contribution in [0.1, 0.15) is 77.0 Å². The molecule has 0 aliphatic carbocycles. The summed E-state index contributed by atoms with van der Waals surface area (Å²) in [7, 11) is -7.25. The zero-order chi connectivity index (χ0) is 50.9. The number of rotatable bonds is 23. The molecular formula is C48H48Cl4N8O8S2. The number of alkyl halides is 2. The lowest BCUT2D eigenvalue weighted by molar-refractivity contribution is 0.301. The Bertz CT molecular complexity index is 3150. The van der Waals surface area contributed by atoms with Crippen molar-refractivity contribution in [3.8, 4) is 29.4 Å². The second-order valence-corrected chi connectivity index (χ2v) is 21.7. The topological polar surface area (TPSA) is 245 Å². The maximum absolute atomic E-state index is 11.8. The molecule has 70 heavy (non-hydrogen) atoms. The summed E-state index contributed by atoms with van der Waals surface area (Å²) in [5.74, 6) is 1.26. The summed E-state index contributed by atoms with van der Waals surface area (Å²) in [5, 5.41) is 21.4. The van der Waals surface area contributed by atoms with Gasteiger partial charge in [-0.1, -0.05) is 73.4 Å². The van der Waals surface area contributed by atoms with Crippen LogP contribution < -0.4 is 29.4 Å². The van der Waals surface area contributed by atoms with Gasteiger partial charge in [0.1, 0.15) is 43.2 Å². The molecule has 2 atom stereocenters. The van der Waals surface area contributed by atoms with Crippen LogP contribution >= 0.6 is 46.4 Å². The van der Waals surface area contributed by atoms with Crippen LogP contribution in [0.5, 0.6) is 17.2 Å². The molecule has 0 saturated heterocycles. The number of hydrogen-bond donors (Lipinski definition) is 3. The summed E-state index contributed by atoms with van der Waals surface area (Å²) in [6.45, 7) is 4.37. The molecule has 4 aromatic carbocycles. The van der Waals surface area contributed by atoms with Crippen molar-refractivity contribution in [1.29, 1.82) is 10.5 Å². The molecule has 0 saturated carbocycles. The first-order chi connectivity index (χ1) is 33.2. The molecule has 2 unspecified atom stereocenters. The number of benzene rings is 4. The summed E-state index contributed by atoms with van der Waals surface area (Å²) >= 11 is 25.9. The number of anilines is 3. The number of ether oxygens (including phenoxy) is 3. The van der Waals surface area contributed by atoms with Crippen LogP contribution in [0.3, 0.4) is 0 Å². The third-order valence-corrected chi connectivity index (χ3v) is 13.3. The van der Waals surface area contributed by atoms with Gasteiger partial charge in [-0.3, -0.25) is 4.72 Å². The number of nitrogen functional groups attached to an aromatic ring is 1. The van der Waals surface area contributed by atoms with Gasteiger partial charge < -0.3 is 24.4 Å². The van der Waals surface area contributed by atoms with Crippen molar-refractivity contribution in [2.75, 3.05) is 52.7 Å². The van der Waals surface area contributed by atoms with E-state index in [0.717, 1.165) is 29.2 Å². The van der Waals surface area contributed by atoms with Gasteiger partial charge in [-0.05, 0) is 89.9 Å². The molecule has 22 heteroatoms. The monoisotopic (exact) mass is 1070 g/mol. The number of oxazole rings is 1. The van der Waals surface area contributed by atoms with Crippen molar-refractivity contribution >= 4 is 84.2 Å².